The number of aromatic nitrogens is 1. The maximum Gasteiger partial charge on any atom is 0.252 e. The van der Waals surface area contributed by atoms with Gasteiger partial charge in [0, 0.05) is 25.8 Å². The van der Waals surface area contributed by atoms with Crippen LogP contribution in [0.25, 0.3) is 0 Å². The summed E-state index contributed by atoms with van der Waals surface area (Å²) in [6.07, 6.45) is 3.43. The first kappa shape index (κ1) is 19.0. The number of carbonyl (C=O) groups excluding carboxylic acids is 1. The predicted octanol–water partition coefficient (Wildman–Crippen LogP) is 3.63. The zero-order chi connectivity index (χ0) is 20.1. The highest BCUT2D eigenvalue weighted by molar-refractivity contribution is 5.94. The minimum absolute atomic E-state index is 0.101. The van der Waals surface area contributed by atoms with E-state index in [0.29, 0.717) is 12.1 Å². The van der Waals surface area contributed by atoms with E-state index in [0.717, 1.165) is 43.1 Å². The second-order valence-corrected chi connectivity index (χ2v) is 7.20. The normalized spacial score (nSPS) is 12.9. The molecule has 1 amide bonds. The van der Waals surface area contributed by atoms with Gasteiger partial charge in [-0.15, -0.1) is 0 Å². The Morgan fingerprint density at radius 2 is 1.97 bits per heavy atom. The third-order valence-corrected chi connectivity index (χ3v) is 5.30. The molecule has 0 spiro atoms. The average Bonchev–Trinajstić information content (AvgIpc) is 2.79. The molecule has 2 aromatic carbocycles. The Kier molecular flexibility index (Phi) is 5.75. The van der Waals surface area contributed by atoms with E-state index >= 15 is 0 Å². The van der Waals surface area contributed by atoms with Crippen molar-refractivity contribution in [2.45, 2.75) is 19.4 Å². The molecule has 5 nitrogen and oxygen atoms in total. The number of carbonyl (C=O) groups is 1. The summed E-state index contributed by atoms with van der Waals surface area (Å²) in [5.41, 5.74) is 4.47. The van der Waals surface area contributed by atoms with Crippen molar-refractivity contribution in [2.75, 3.05) is 25.1 Å². The van der Waals surface area contributed by atoms with Gasteiger partial charge in [0.2, 0.25) is 0 Å². The smallest absolute Gasteiger partial charge is 0.252 e. The SMILES string of the molecule is COc1cccc(CCNC(=O)c2ccc(N3CCc4ccccc4C3)nc2)c1. The molecule has 0 aliphatic carbocycles. The summed E-state index contributed by atoms with van der Waals surface area (Å²) in [4.78, 5) is 19.2. The quantitative estimate of drug-likeness (QED) is 0.702. The van der Waals surface area contributed by atoms with E-state index in [1.807, 2.05) is 36.4 Å². The van der Waals surface area contributed by atoms with Gasteiger partial charge in [-0.2, -0.15) is 0 Å². The van der Waals surface area contributed by atoms with Crippen LogP contribution in [0.2, 0.25) is 0 Å². The van der Waals surface area contributed by atoms with E-state index in [2.05, 4.69) is 39.5 Å². The lowest BCUT2D eigenvalue weighted by Crippen LogP contribution is -2.31. The van der Waals surface area contributed by atoms with E-state index in [1.165, 1.54) is 11.1 Å². The number of fused-ring (bicyclic) bond motifs is 1. The zero-order valence-corrected chi connectivity index (χ0v) is 16.6. The number of hydrogen-bond donors (Lipinski definition) is 1. The third kappa shape index (κ3) is 4.57. The number of rotatable bonds is 6. The van der Waals surface area contributed by atoms with Crippen LogP contribution in [0.5, 0.6) is 5.75 Å². The second kappa shape index (κ2) is 8.78. The van der Waals surface area contributed by atoms with E-state index in [-0.39, 0.29) is 5.91 Å². The van der Waals surface area contributed by atoms with Gasteiger partial charge < -0.3 is 15.0 Å². The summed E-state index contributed by atoms with van der Waals surface area (Å²) in [7, 11) is 1.65. The Bertz CT molecular complexity index is 985. The molecule has 0 atom stereocenters. The molecule has 3 aromatic rings. The minimum atomic E-state index is -0.101. The fourth-order valence-electron chi connectivity index (χ4n) is 3.65. The van der Waals surface area contributed by atoms with Crippen LogP contribution < -0.4 is 15.0 Å². The maximum atomic E-state index is 12.4. The van der Waals surface area contributed by atoms with Crippen molar-refractivity contribution in [1.82, 2.24) is 10.3 Å². The van der Waals surface area contributed by atoms with Crippen molar-refractivity contribution >= 4 is 11.7 Å². The lowest BCUT2D eigenvalue weighted by Gasteiger charge is -2.29. The molecule has 5 heteroatoms. The summed E-state index contributed by atoms with van der Waals surface area (Å²) in [5, 5.41) is 2.96. The van der Waals surface area contributed by atoms with Crippen LogP contribution in [0.1, 0.15) is 27.0 Å². The molecule has 0 saturated carbocycles. The van der Waals surface area contributed by atoms with Crippen LogP contribution in [0.3, 0.4) is 0 Å². The Morgan fingerprint density at radius 1 is 1.10 bits per heavy atom. The topological polar surface area (TPSA) is 54.5 Å². The molecule has 4 rings (SSSR count). The number of pyridine rings is 1. The molecular formula is C24H25N3O2. The summed E-state index contributed by atoms with van der Waals surface area (Å²) >= 11 is 0. The molecule has 1 aromatic heterocycles. The molecule has 29 heavy (non-hydrogen) atoms. The van der Waals surface area contributed by atoms with Gasteiger partial charge in [0.05, 0.1) is 12.7 Å². The van der Waals surface area contributed by atoms with Gasteiger partial charge in [-0.05, 0) is 53.8 Å². The molecule has 0 unspecified atom stereocenters. The molecule has 148 valence electrons. The lowest BCUT2D eigenvalue weighted by atomic mass is 10.00. The van der Waals surface area contributed by atoms with Crippen LogP contribution in [0.4, 0.5) is 5.82 Å². The number of methoxy groups -OCH3 is 1. The van der Waals surface area contributed by atoms with Crippen LogP contribution in [0.15, 0.2) is 66.9 Å². The Labute approximate surface area is 171 Å². The maximum absolute atomic E-state index is 12.4. The molecule has 0 fully saturated rings. The lowest BCUT2D eigenvalue weighted by molar-refractivity contribution is 0.0954. The monoisotopic (exact) mass is 387 g/mol. The van der Waals surface area contributed by atoms with E-state index in [9.17, 15) is 4.79 Å². The minimum Gasteiger partial charge on any atom is -0.497 e. The van der Waals surface area contributed by atoms with E-state index in [1.54, 1.807) is 13.3 Å². The third-order valence-electron chi connectivity index (χ3n) is 5.30. The molecule has 0 saturated heterocycles. The van der Waals surface area contributed by atoms with Crippen LogP contribution >= 0.6 is 0 Å². The highest BCUT2D eigenvalue weighted by atomic mass is 16.5. The number of benzene rings is 2. The van der Waals surface area contributed by atoms with Crippen molar-refractivity contribution in [1.29, 1.82) is 0 Å². The highest BCUT2D eigenvalue weighted by Gasteiger charge is 2.17. The summed E-state index contributed by atoms with van der Waals surface area (Å²) in [6, 6.07) is 20.2. The Morgan fingerprint density at radius 3 is 2.76 bits per heavy atom. The molecular weight excluding hydrogens is 362 g/mol. The number of amides is 1. The van der Waals surface area contributed by atoms with Gasteiger partial charge in [-0.25, -0.2) is 4.98 Å². The van der Waals surface area contributed by atoms with E-state index < -0.39 is 0 Å². The first-order valence-electron chi connectivity index (χ1n) is 9.92. The number of ether oxygens (including phenoxy) is 1. The van der Waals surface area contributed by atoms with Gasteiger partial charge in [0.25, 0.3) is 5.91 Å². The van der Waals surface area contributed by atoms with Gasteiger partial charge in [-0.1, -0.05) is 36.4 Å². The van der Waals surface area contributed by atoms with Gasteiger partial charge in [0.1, 0.15) is 11.6 Å². The number of nitrogens with zero attached hydrogens (tertiary/aromatic N) is 2. The number of anilines is 1. The van der Waals surface area contributed by atoms with Crippen molar-refractivity contribution in [2.24, 2.45) is 0 Å². The van der Waals surface area contributed by atoms with E-state index in [4.69, 9.17) is 4.74 Å². The zero-order valence-electron chi connectivity index (χ0n) is 16.6. The number of nitrogens with one attached hydrogen (secondary N) is 1. The fourth-order valence-corrected chi connectivity index (χ4v) is 3.65. The summed E-state index contributed by atoms with van der Waals surface area (Å²) in [6.45, 7) is 2.36. The molecule has 1 N–H and O–H groups in total. The Hall–Kier alpha value is -3.34. The van der Waals surface area contributed by atoms with Crippen LogP contribution in [-0.4, -0.2) is 31.1 Å². The summed E-state index contributed by atoms with van der Waals surface area (Å²) in [5.74, 6) is 1.64. The van der Waals surface area contributed by atoms with Crippen molar-refractivity contribution in [3.05, 3.63) is 89.1 Å². The summed E-state index contributed by atoms with van der Waals surface area (Å²) < 4.78 is 5.23. The van der Waals surface area contributed by atoms with Gasteiger partial charge in [-0.3, -0.25) is 4.79 Å². The molecule has 1 aliphatic rings. The highest BCUT2D eigenvalue weighted by Crippen LogP contribution is 2.23. The second-order valence-electron chi connectivity index (χ2n) is 7.20. The number of hydrogen-bond acceptors (Lipinski definition) is 4. The van der Waals surface area contributed by atoms with Crippen molar-refractivity contribution < 1.29 is 9.53 Å². The standard InChI is InChI=1S/C24H25N3O2/c1-29-22-8-4-5-18(15-22)11-13-25-24(28)20-9-10-23(26-16-20)27-14-12-19-6-2-3-7-21(19)17-27/h2-10,15-16H,11-14,17H2,1H3,(H,25,28). The van der Waals surface area contributed by atoms with Crippen LogP contribution in [-0.2, 0) is 19.4 Å². The van der Waals surface area contributed by atoms with Crippen molar-refractivity contribution in [3.8, 4) is 5.75 Å². The molecule has 1 aliphatic heterocycles. The van der Waals surface area contributed by atoms with Crippen LogP contribution in [0, 0.1) is 0 Å². The predicted molar refractivity (Wildman–Crippen MR) is 114 cm³/mol. The largest absolute Gasteiger partial charge is 0.497 e. The fraction of sp³-hybridized carbons (Fsp3) is 0.250. The van der Waals surface area contributed by atoms with Gasteiger partial charge >= 0.3 is 0 Å². The average molecular weight is 387 g/mol. The Balaban J connectivity index is 1.32. The molecule has 0 radical (unpaired) electrons. The first-order valence-corrected chi connectivity index (χ1v) is 9.92. The molecule has 0 bridgehead atoms. The van der Waals surface area contributed by atoms with Crippen molar-refractivity contribution in [3.63, 3.8) is 0 Å². The molecule has 2 heterocycles. The van der Waals surface area contributed by atoms with Gasteiger partial charge in [0.15, 0.2) is 0 Å². The first-order chi connectivity index (χ1) is 14.2.